The van der Waals surface area contributed by atoms with E-state index < -0.39 is 0 Å². The molecule has 0 saturated heterocycles. The summed E-state index contributed by atoms with van der Waals surface area (Å²) < 4.78 is 13.2. The molecule has 6 nitrogen and oxygen atoms in total. The zero-order valence-electron chi connectivity index (χ0n) is 17.6. The highest BCUT2D eigenvalue weighted by atomic mass is 16.5. The SMILES string of the molecule is CCCCOc1ccc([C@H]2Nc3nc4ccccc4n3C(C)=C2C(=O)OCC)cc1. The average molecular weight is 405 g/mol. The molecule has 0 saturated carbocycles. The third kappa shape index (κ3) is 3.65. The van der Waals surface area contributed by atoms with E-state index in [-0.39, 0.29) is 12.0 Å². The Morgan fingerprint density at radius 1 is 1.13 bits per heavy atom. The Morgan fingerprint density at radius 3 is 2.63 bits per heavy atom. The highest BCUT2D eigenvalue weighted by Gasteiger charge is 2.33. The van der Waals surface area contributed by atoms with Crippen LogP contribution >= 0.6 is 0 Å². The third-order valence-electron chi connectivity index (χ3n) is 5.32. The van der Waals surface area contributed by atoms with Crippen molar-refractivity contribution in [2.75, 3.05) is 18.5 Å². The van der Waals surface area contributed by atoms with Crippen molar-refractivity contribution in [1.29, 1.82) is 0 Å². The van der Waals surface area contributed by atoms with Crippen molar-refractivity contribution < 1.29 is 14.3 Å². The van der Waals surface area contributed by atoms with E-state index in [1.54, 1.807) is 0 Å². The summed E-state index contributed by atoms with van der Waals surface area (Å²) in [5.41, 5.74) is 4.20. The number of benzene rings is 2. The number of para-hydroxylation sites is 2. The summed E-state index contributed by atoms with van der Waals surface area (Å²) in [6.07, 6.45) is 2.12. The number of fused-ring (bicyclic) bond motifs is 3. The van der Waals surface area contributed by atoms with E-state index in [1.165, 1.54) is 0 Å². The van der Waals surface area contributed by atoms with Crippen LogP contribution in [0.5, 0.6) is 5.75 Å². The Balaban J connectivity index is 1.74. The van der Waals surface area contributed by atoms with Crippen molar-refractivity contribution in [2.45, 2.75) is 39.7 Å². The number of unbranched alkanes of at least 4 members (excludes halogenated alkanes) is 1. The first-order valence-corrected chi connectivity index (χ1v) is 10.5. The molecule has 1 aromatic heterocycles. The molecule has 1 atom stereocenters. The van der Waals surface area contributed by atoms with Crippen LogP contribution in [0.1, 0.15) is 45.2 Å². The fourth-order valence-corrected chi connectivity index (χ4v) is 3.81. The number of rotatable bonds is 7. The zero-order valence-corrected chi connectivity index (χ0v) is 17.6. The van der Waals surface area contributed by atoms with Crippen LogP contribution in [0.3, 0.4) is 0 Å². The number of anilines is 1. The van der Waals surface area contributed by atoms with Crippen molar-refractivity contribution in [1.82, 2.24) is 9.55 Å². The fraction of sp³-hybridized carbons (Fsp3) is 0.333. The second-order valence-electron chi connectivity index (χ2n) is 7.33. The second-order valence-corrected chi connectivity index (χ2v) is 7.33. The number of hydrogen-bond donors (Lipinski definition) is 1. The van der Waals surface area contributed by atoms with Crippen LogP contribution in [0.25, 0.3) is 16.7 Å². The lowest BCUT2D eigenvalue weighted by molar-refractivity contribution is -0.138. The molecule has 2 heterocycles. The average Bonchev–Trinajstić information content (AvgIpc) is 3.13. The standard InChI is InChI=1S/C24H27N3O3/c1-4-6-15-30-18-13-11-17(12-14-18)22-21(23(28)29-5-2)16(3)27-20-10-8-7-9-19(20)25-24(27)26-22/h7-14,22H,4-6,15H2,1-3H3,(H,25,26)/t22-/m1/s1. The molecule has 156 valence electrons. The molecule has 0 aliphatic carbocycles. The number of imidazole rings is 1. The molecule has 1 aliphatic rings. The molecule has 0 amide bonds. The lowest BCUT2D eigenvalue weighted by Crippen LogP contribution is -2.28. The summed E-state index contributed by atoms with van der Waals surface area (Å²) >= 11 is 0. The van der Waals surface area contributed by atoms with E-state index in [2.05, 4.69) is 12.2 Å². The molecule has 6 heteroatoms. The van der Waals surface area contributed by atoms with Crippen molar-refractivity contribution in [3.8, 4) is 5.75 Å². The Hall–Kier alpha value is -3.28. The van der Waals surface area contributed by atoms with Crippen LogP contribution in [0, 0.1) is 0 Å². The Labute approximate surface area is 176 Å². The largest absolute Gasteiger partial charge is 0.494 e. The number of carbonyl (C=O) groups is 1. The Morgan fingerprint density at radius 2 is 1.90 bits per heavy atom. The molecule has 0 bridgehead atoms. The monoisotopic (exact) mass is 405 g/mol. The molecule has 4 rings (SSSR count). The maximum absolute atomic E-state index is 12.9. The topological polar surface area (TPSA) is 65.4 Å². The minimum Gasteiger partial charge on any atom is -0.494 e. The molecule has 2 aromatic carbocycles. The normalized spacial score (nSPS) is 15.6. The molecule has 0 unspecified atom stereocenters. The van der Waals surface area contributed by atoms with Gasteiger partial charge in [0.15, 0.2) is 0 Å². The summed E-state index contributed by atoms with van der Waals surface area (Å²) in [5, 5.41) is 3.45. The van der Waals surface area contributed by atoms with Crippen LogP contribution in [0.2, 0.25) is 0 Å². The van der Waals surface area contributed by atoms with Crippen LogP contribution in [0.15, 0.2) is 54.1 Å². The van der Waals surface area contributed by atoms with Crippen LogP contribution in [-0.4, -0.2) is 28.7 Å². The predicted molar refractivity (Wildman–Crippen MR) is 118 cm³/mol. The van der Waals surface area contributed by atoms with Crippen LogP contribution < -0.4 is 10.1 Å². The Bertz CT molecular complexity index is 1080. The highest BCUT2D eigenvalue weighted by Crippen LogP contribution is 2.39. The van der Waals surface area contributed by atoms with Gasteiger partial charge in [-0.15, -0.1) is 0 Å². The van der Waals surface area contributed by atoms with Gasteiger partial charge in [0.25, 0.3) is 0 Å². The summed E-state index contributed by atoms with van der Waals surface area (Å²) in [6.45, 7) is 6.93. The summed E-state index contributed by atoms with van der Waals surface area (Å²) in [4.78, 5) is 17.7. The number of allylic oxidation sites excluding steroid dienone is 1. The summed E-state index contributed by atoms with van der Waals surface area (Å²) in [6, 6.07) is 15.4. The number of nitrogens with zero attached hydrogens (tertiary/aromatic N) is 2. The lowest BCUT2D eigenvalue weighted by Gasteiger charge is -2.29. The minimum absolute atomic E-state index is 0.320. The molecule has 30 heavy (non-hydrogen) atoms. The quantitative estimate of drug-likeness (QED) is 0.434. The van der Waals surface area contributed by atoms with Gasteiger partial charge in [-0.3, -0.25) is 4.57 Å². The number of aromatic nitrogens is 2. The maximum atomic E-state index is 12.9. The van der Waals surface area contributed by atoms with Crippen LogP contribution in [0.4, 0.5) is 5.95 Å². The first-order valence-electron chi connectivity index (χ1n) is 10.5. The van der Waals surface area contributed by atoms with Crippen molar-refractivity contribution in [2.24, 2.45) is 0 Å². The van der Waals surface area contributed by atoms with E-state index in [4.69, 9.17) is 14.5 Å². The summed E-state index contributed by atoms with van der Waals surface area (Å²) in [7, 11) is 0. The van der Waals surface area contributed by atoms with Crippen molar-refractivity contribution >= 4 is 28.6 Å². The number of carbonyl (C=O) groups excluding carboxylic acids is 1. The van der Waals surface area contributed by atoms with Gasteiger partial charge in [0.05, 0.1) is 35.9 Å². The molecule has 0 spiro atoms. The van der Waals surface area contributed by atoms with Crippen molar-refractivity contribution in [3.05, 3.63) is 59.7 Å². The number of hydrogen-bond acceptors (Lipinski definition) is 5. The molecular weight excluding hydrogens is 378 g/mol. The third-order valence-corrected chi connectivity index (χ3v) is 5.32. The van der Waals surface area contributed by atoms with Gasteiger partial charge < -0.3 is 14.8 Å². The van der Waals surface area contributed by atoms with E-state index in [9.17, 15) is 4.79 Å². The van der Waals surface area contributed by atoms with Gasteiger partial charge in [0.2, 0.25) is 5.95 Å². The first kappa shape index (κ1) is 20.0. The molecular formula is C24H27N3O3. The van der Waals surface area contributed by atoms with Gasteiger partial charge in [0, 0.05) is 5.70 Å². The second kappa shape index (κ2) is 8.61. The number of nitrogens with one attached hydrogen (secondary N) is 1. The number of ether oxygens (including phenoxy) is 2. The zero-order chi connectivity index (χ0) is 21.1. The maximum Gasteiger partial charge on any atom is 0.338 e. The van der Waals surface area contributed by atoms with Gasteiger partial charge in [-0.2, -0.15) is 0 Å². The van der Waals surface area contributed by atoms with Gasteiger partial charge in [-0.1, -0.05) is 37.6 Å². The number of esters is 1. The highest BCUT2D eigenvalue weighted by molar-refractivity contribution is 6.00. The Kier molecular flexibility index (Phi) is 5.74. The van der Waals surface area contributed by atoms with Gasteiger partial charge >= 0.3 is 5.97 Å². The van der Waals surface area contributed by atoms with E-state index >= 15 is 0 Å². The first-order chi connectivity index (χ1) is 14.6. The van der Waals surface area contributed by atoms with E-state index in [0.29, 0.717) is 18.8 Å². The van der Waals surface area contributed by atoms with Gasteiger partial charge in [-0.05, 0) is 50.1 Å². The molecule has 0 fully saturated rings. The minimum atomic E-state index is -0.349. The fourth-order valence-electron chi connectivity index (χ4n) is 3.81. The molecule has 1 aliphatic heterocycles. The van der Waals surface area contributed by atoms with Gasteiger partial charge in [-0.25, -0.2) is 9.78 Å². The van der Waals surface area contributed by atoms with E-state index in [0.717, 1.165) is 46.8 Å². The molecule has 1 N–H and O–H groups in total. The van der Waals surface area contributed by atoms with Crippen LogP contribution in [-0.2, 0) is 9.53 Å². The smallest absolute Gasteiger partial charge is 0.338 e. The lowest BCUT2D eigenvalue weighted by atomic mass is 9.95. The molecule has 3 aromatic rings. The van der Waals surface area contributed by atoms with E-state index in [1.807, 2.05) is 66.9 Å². The summed E-state index contributed by atoms with van der Waals surface area (Å²) in [5.74, 6) is 1.22. The van der Waals surface area contributed by atoms with Crippen molar-refractivity contribution in [3.63, 3.8) is 0 Å². The van der Waals surface area contributed by atoms with Gasteiger partial charge in [0.1, 0.15) is 5.75 Å². The molecule has 0 radical (unpaired) electrons. The predicted octanol–water partition coefficient (Wildman–Crippen LogP) is 5.18.